The van der Waals surface area contributed by atoms with Crippen LogP contribution in [0.4, 0.5) is 10.1 Å². The number of aliphatic hydroxyl groups is 1. The zero-order valence-electron chi connectivity index (χ0n) is 22.6. The number of carbonyl (C=O) groups is 1. The summed E-state index contributed by atoms with van der Waals surface area (Å²) in [5, 5.41) is 12.0. The summed E-state index contributed by atoms with van der Waals surface area (Å²) in [7, 11) is 1.71. The second kappa shape index (κ2) is 13.0. The molecule has 7 nitrogen and oxygen atoms in total. The number of thiol groups is 1. The van der Waals surface area contributed by atoms with Gasteiger partial charge in [0.25, 0.3) is 5.91 Å². The summed E-state index contributed by atoms with van der Waals surface area (Å²) >= 11 is 17.3. The molecule has 1 amide bonds. The molecule has 2 aliphatic rings. The van der Waals surface area contributed by atoms with Gasteiger partial charge in [0.2, 0.25) is 0 Å². The minimum Gasteiger partial charge on any atom is -0.485 e. The molecule has 2 N–H and O–H groups in total. The number of benzene rings is 2. The molecule has 5 rings (SSSR count). The first kappa shape index (κ1) is 30.4. The summed E-state index contributed by atoms with van der Waals surface area (Å²) < 4.78 is 19.6. The summed E-state index contributed by atoms with van der Waals surface area (Å²) in [4.78, 5) is 22.2. The summed E-state index contributed by atoms with van der Waals surface area (Å²) in [6.07, 6.45) is 5.34. The molecule has 11 heteroatoms. The molecule has 2 atom stereocenters. The first-order chi connectivity index (χ1) is 19.0. The predicted octanol–water partition coefficient (Wildman–Crippen LogP) is 5.82. The van der Waals surface area contributed by atoms with E-state index < -0.39 is 11.5 Å². The molecule has 214 valence electrons. The second-order valence-corrected chi connectivity index (χ2v) is 11.7. The maximum absolute atomic E-state index is 13.5. The first-order valence-electron chi connectivity index (χ1n) is 12.9. The van der Waals surface area contributed by atoms with Gasteiger partial charge in [0, 0.05) is 48.0 Å². The summed E-state index contributed by atoms with van der Waals surface area (Å²) in [5.41, 5.74) is 1.42. The Kier molecular flexibility index (Phi) is 9.85. The number of rotatable bonds is 6. The molecule has 2 aromatic carbocycles. The molecule has 2 fully saturated rings. The zero-order chi connectivity index (χ0) is 29.0. The van der Waals surface area contributed by atoms with Gasteiger partial charge in [-0.15, -0.1) is 12.6 Å². The van der Waals surface area contributed by atoms with Gasteiger partial charge < -0.3 is 19.6 Å². The number of aromatic nitrogens is 1. The average Bonchev–Trinajstić information content (AvgIpc) is 3.16. The van der Waals surface area contributed by atoms with Crippen molar-refractivity contribution in [1.82, 2.24) is 15.2 Å². The predicted molar refractivity (Wildman–Crippen MR) is 159 cm³/mol. The average molecular weight is 608 g/mol. The zero-order valence-corrected chi connectivity index (χ0v) is 25.0. The number of halogens is 3. The maximum Gasteiger partial charge on any atom is 0.255 e. The van der Waals surface area contributed by atoms with E-state index in [2.05, 4.69) is 27.8 Å². The molecule has 2 bridgehead atoms. The number of nitrogens with zero attached hydrogens (tertiary/aromatic N) is 3. The van der Waals surface area contributed by atoms with E-state index in [0.29, 0.717) is 36.0 Å². The van der Waals surface area contributed by atoms with E-state index in [-0.39, 0.29) is 23.0 Å². The second-order valence-electron chi connectivity index (χ2n) is 10.4. The third-order valence-corrected chi connectivity index (χ3v) is 7.79. The molecule has 0 aliphatic carbocycles. The number of hydrogen-bond acceptors (Lipinski definition) is 7. The Morgan fingerprint density at radius 1 is 1.18 bits per heavy atom. The van der Waals surface area contributed by atoms with Crippen LogP contribution in [0.25, 0.3) is 0 Å². The van der Waals surface area contributed by atoms with Crippen molar-refractivity contribution >= 4 is 47.4 Å². The molecule has 0 radical (unpaired) electrons. The van der Waals surface area contributed by atoms with Crippen LogP contribution in [0.1, 0.15) is 42.6 Å². The van der Waals surface area contributed by atoms with Crippen molar-refractivity contribution in [3.63, 3.8) is 0 Å². The summed E-state index contributed by atoms with van der Waals surface area (Å²) in [6, 6.07) is 11.6. The lowest BCUT2D eigenvalue weighted by atomic mass is 10.1. The van der Waals surface area contributed by atoms with Crippen molar-refractivity contribution in [1.29, 1.82) is 0 Å². The fourth-order valence-electron chi connectivity index (χ4n) is 4.83. The molecule has 0 saturated carbocycles. The Morgan fingerprint density at radius 3 is 2.42 bits per heavy atom. The molecule has 1 aromatic heterocycles. The molecular weight excluding hydrogens is 574 g/mol. The lowest BCUT2D eigenvalue weighted by Crippen LogP contribution is -2.55. The quantitative estimate of drug-likeness (QED) is 0.242. The van der Waals surface area contributed by atoms with E-state index in [9.17, 15) is 9.18 Å². The molecule has 2 aliphatic heterocycles. The van der Waals surface area contributed by atoms with Crippen molar-refractivity contribution in [2.45, 2.75) is 56.0 Å². The number of carbonyl (C=O) groups excluding carboxylic acids is 1. The van der Waals surface area contributed by atoms with Gasteiger partial charge in [-0.3, -0.25) is 15.1 Å². The lowest BCUT2D eigenvalue weighted by molar-refractivity contribution is 0.0521. The van der Waals surface area contributed by atoms with E-state index >= 15 is 0 Å². The molecule has 0 spiro atoms. The van der Waals surface area contributed by atoms with E-state index in [0.717, 1.165) is 29.0 Å². The van der Waals surface area contributed by atoms with Crippen LogP contribution in [-0.4, -0.2) is 58.8 Å². The van der Waals surface area contributed by atoms with Crippen LogP contribution < -0.4 is 15.0 Å². The number of fused-ring (bicyclic) bond motifs is 2. The molecule has 40 heavy (non-hydrogen) atoms. The van der Waals surface area contributed by atoms with Crippen LogP contribution in [0.2, 0.25) is 10.0 Å². The Hall–Kier alpha value is -2.56. The lowest BCUT2D eigenvalue weighted by Gasteiger charge is -2.43. The fraction of sp³-hybridized carbons (Fsp3) is 0.379. The van der Waals surface area contributed by atoms with Gasteiger partial charge >= 0.3 is 0 Å². The smallest absolute Gasteiger partial charge is 0.255 e. The van der Waals surface area contributed by atoms with Gasteiger partial charge in [-0.05, 0) is 70.1 Å². The standard InChI is InChI=1S/C25H22Cl2FN3O2S.C4H11NO/c26-21-8-16(28)3-6-20(21)25(32)30-12-17-4-5-18(13-30)31(17)23-10-19(34)9-22(27)24(23)33-14-15-2-1-7-29-11-15;1-4(2,6)5-3/h1-3,6-11,17-18,34H,4-5,12-14H2;5-6H,1-3H3. The highest BCUT2D eigenvalue weighted by Crippen LogP contribution is 2.45. The Labute approximate surface area is 249 Å². The van der Waals surface area contributed by atoms with E-state index in [1.54, 1.807) is 44.3 Å². The number of piperazine rings is 1. The third-order valence-electron chi connectivity index (χ3n) is 6.94. The SMILES string of the molecule is CNC(C)(C)O.O=C(c1ccc(F)cc1Cl)N1CC2CCC(C1)N2c1cc(S)cc(Cl)c1OCc1cccnc1. The number of amides is 1. The summed E-state index contributed by atoms with van der Waals surface area (Å²) in [6.45, 7) is 4.77. The molecule has 2 unspecified atom stereocenters. The van der Waals surface area contributed by atoms with Gasteiger partial charge in [-0.2, -0.15) is 0 Å². The highest BCUT2D eigenvalue weighted by molar-refractivity contribution is 7.80. The van der Waals surface area contributed by atoms with Gasteiger partial charge in [0.05, 0.1) is 21.3 Å². The summed E-state index contributed by atoms with van der Waals surface area (Å²) in [5.74, 6) is -0.0501. The van der Waals surface area contributed by atoms with Crippen molar-refractivity contribution in [2.75, 3.05) is 25.0 Å². The molecule has 3 heterocycles. The van der Waals surface area contributed by atoms with Crippen LogP contribution in [0.3, 0.4) is 0 Å². The number of ether oxygens (including phenoxy) is 1. The largest absolute Gasteiger partial charge is 0.485 e. The minimum absolute atomic E-state index is 0.0915. The maximum atomic E-state index is 13.5. The third kappa shape index (κ3) is 7.39. The van der Waals surface area contributed by atoms with Crippen LogP contribution in [0.5, 0.6) is 5.75 Å². The van der Waals surface area contributed by atoms with Gasteiger partial charge in [0.15, 0.2) is 5.75 Å². The van der Waals surface area contributed by atoms with Gasteiger partial charge in [-0.1, -0.05) is 29.3 Å². The van der Waals surface area contributed by atoms with Gasteiger partial charge in [0.1, 0.15) is 18.1 Å². The van der Waals surface area contributed by atoms with Gasteiger partial charge in [-0.25, -0.2) is 4.39 Å². The normalized spacial score (nSPS) is 18.3. The molecule has 3 aromatic rings. The first-order valence-corrected chi connectivity index (χ1v) is 14.1. The van der Waals surface area contributed by atoms with Crippen LogP contribution >= 0.6 is 35.8 Å². The molecule has 2 saturated heterocycles. The van der Waals surface area contributed by atoms with Crippen molar-refractivity contribution in [3.05, 3.63) is 81.8 Å². The van der Waals surface area contributed by atoms with Crippen molar-refractivity contribution in [3.8, 4) is 5.75 Å². The van der Waals surface area contributed by atoms with Crippen molar-refractivity contribution in [2.24, 2.45) is 0 Å². The van der Waals surface area contributed by atoms with Crippen LogP contribution in [-0.2, 0) is 6.61 Å². The van der Waals surface area contributed by atoms with Crippen LogP contribution in [0.15, 0.2) is 59.8 Å². The number of nitrogens with one attached hydrogen (secondary N) is 1. The van der Waals surface area contributed by atoms with E-state index in [4.69, 9.17) is 33.0 Å². The van der Waals surface area contributed by atoms with E-state index in [1.807, 2.05) is 18.2 Å². The highest BCUT2D eigenvalue weighted by atomic mass is 35.5. The van der Waals surface area contributed by atoms with E-state index in [1.165, 1.54) is 18.2 Å². The number of anilines is 1. The number of likely N-dealkylation sites (tertiary alicyclic amines) is 1. The monoisotopic (exact) mass is 606 g/mol. The van der Waals surface area contributed by atoms with Crippen molar-refractivity contribution < 1.29 is 19.0 Å². The topological polar surface area (TPSA) is 77.9 Å². The highest BCUT2D eigenvalue weighted by Gasteiger charge is 2.43. The fourth-order valence-corrected chi connectivity index (χ4v) is 5.68. The Bertz CT molecular complexity index is 1330. The Morgan fingerprint density at radius 2 is 1.85 bits per heavy atom. The van der Waals surface area contributed by atoms with Crippen LogP contribution in [0, 0.1) is 5.82 Å². The molecular formula is C29H33Cl2FN4O3S. The Balaban J connectivity index is 0.000000557. The number of pyridine rings is 1. The number of hydrogen-bond donors (Lipinski definition) is 3. The minimum atomic E-state index is -0.708.